The number of halogens is 1. The van der Waals surface area contributed by atoms with Gasteiger partial charge in [-0.2, -0.15) is 0 Å². The first-order valence-corrected chi connectivity index (χ1v) is 8.32. The summed E-state index contributed by atoms with van der Waals surface area (Å²) in [7, 11) is 0. The van der Waals surface area contributed by atoms with Crippen molar-refractivity contribution in [2.24, 2.45) is 11.8 Å². The van der Waals surface area contributed by atoms with E-state index in [-0.39, 0.29) is 0 Å². The Balaban J connectivity index is 2.25. The molecule has 3 heteroatoms. The number of hydrogen-bond donors (Lipinski definition) is 1. The van der Waals surface area contributed by atoms with Gasteiger partial charge in [-0.3, -0.25) is 0 Å². The SMILES string of the molecule is CC(C)C1CN(c2cccc(I)c2)C(C(C)C)CN1. The van der Waals surface area contributed by atoms with Gasteiger partial charge >= 0.3 is 0 Å². The predicted molar refractivity (Wildman–Crippen MR) is 91.8 cm³/mol. The number of piperazine rings is 1. The van der Waals surface area contributed by atoms with E-state index in [4.69, 9.17) is 0 Å². The van der Waals surface area contributed by atoms with Crippen molar-refractivity contribution in [2.45, 2.75) is 39.8 Å². The summed E-state index contributed by atoms with van der Waals surface area (Å²) in [5, 5.41) is 3.72. The van der Waals surface area contributed by atoms with E-state index in [2.05, 4.69) is 84.8 Å². The molecule has 1 heterocycles. The van der Waals surface area contributed by atoms with Crippen LogP contribution in [0.5, 0.6) is 0 Å². The Labute approximate surface area is 131 Å². The maximum atomic E-state index is 3.72. The minimum atomic E-state index is 0.591. The van der Waals surface area contributed by atoms with Gasteiger partial charge < -0.3 is 10.2 Å². The summed E-state index contributed by atoms with van der Waals surface area (Å²) in [6.45, 7) is 11.5. The van der Waals surface area contributed by atoms with E-state index in [1.54, 1.807) is 0 Å². The van der Waals surface area contributed by atoms with Crippen LogP contribution in [0.2, 0.25) is 0 Å². The molecule has 2 rings (SSSR count). The molecule has 1 saturated heterocycles. The van der Waals surface area contributed by atoms with Crippen LogP contribution in [0.25, 0.3) is 0 Å². The second-order valence-electron chi connectivity index (χ2n) is 6.20. The molecule has 1 fully saturated rings. The predicted octanol–water partition coefficient (Wildman–Crippen LogP) is 3.75. The van der Waals surface area contributed by atoms with Gasteiger partial charge in [-0.25, -0.2) is 0 Å². The van der Waals surface area contributed by atoms with Gasteiger partial charge in [0.1, 0.15) is 0 Å². The zero-order valence-electron chi connectivity index (χ0n) is 12.4. The summed E-state index contributed by atoms with van der Waals surface area (Å²) < 4.78 is 1.32. The molecule has 0 aromatic heterocycles. The first kappa shape index (κ1) is 15.1. The van der Waals surface area contributed by atoms with E-state index in [0.29, 0.717) is 23.9 Å². The van der Waals surface area contributed by atoms with Crippen LogP contribution in [0.15, 0.2) is 24.3 Å². The van der Waals surface area contributed by atoms with Crippen molar-refractivity contribution in [3.8, 4) is 0 Å². The number of benzene rings is 1. The summed E-state index contributed by atoms with van der Waals surface area (Å²) in [6, 6.07) is 10.1. The molecule has 1 aliphatic rings. The van der Waals surface area contributed by atoms with Gasteiger partial charge in [0.15, 0.2) is 0 Å². The van der Waals surface area contributed by atoms with Crippen LogP contribution in [0.3, 0.4) is 0 Å². The van der Waals surface area contributed by atoms with E-state index >= 15 is 0 Å². The highest BCUT2D eigenvalue weighted by Gasteiger charge is 2.31. The van der Waals surface area contributed by atoms with Crippen LogP contribution < -0.4 is 10.2 Å². The number of hydrogen-bond acceptors (Lipinski definition) is 2. The van der Waals surface area contributed by atoms with Crippen molar-refractivity contribution in [1.29, 1.82) is 0 Å². The zero-order chi connectivity index (χ0) is 14.0. The quantitative estimate of drug-likeness (QED) is 0.813. The fourth-order valence-corrected chi connectivity index (χ4v) is 3.31. The monoisotopic (exact) mass is 372 g/mol. The Morgan fingerprint density at radius 1 is 1.21 bits per heavy atom. The van der Waals surface area contributed by atoms with Crippen LogP contribution in [0.4, 0.5) is 5.69 Å². The molecule has 0 saturated carbocycles. The third-order valence-electron chi connectivity index (χ3n) is 4.10. The van der Waals surface area contributed by atoms with Gasteiger partial charge in [-0.05, 0) is 52.6 Å². The second kappa shape index (κ2) is 6.44. The smallest absolute Gasteiger partial charge is 0.0438 e. The number of nitrogens with zero attached hydrogens (tertiary/aromatic N) is 1. The number of nitrogens with one attached hydrogen (secondary N) is 1. The van der Waals surface area contributed by atoms with Crippen LogP contribution in [0.1, 0.15) is 27.7 Å². The molecule has 1 aromatic carbocycles. The normalized spacial score (nSPS) is 24.3. The highest BCUT2D eigenvalue weighted by Crippen LogP contribution is 2.26. The van der Waals surface area contributed by atoms with Crippen LogP contribution >= 0.6 is 22.6 Å². The van der Waals surface area contributed by atoms with Crippen LogP contribution in [-0.4, -0.2) is 25.2 Å². The molecule has 2 unspecified atom stereocenters. The molecule has 19 heavy (non-hydrogen) atoms. The highest BCUT2D eigenvalue weighted by atomic mass is 127. The van der Waals surface area contributed by atoms with Gasteiger partial charge in [0.2, 0.25) is 0 Å². The van der Waals surface area contributed by atoms with Crippen molar-refractivity contribution in [2.75, 3.05) is 18.0 Å². The molecule has 0 aliphatic carbocycles. The summed E-state index contributed by atoms with van der Waals surface area (Å²) in [4.78, 5) is 2.61. The Morgan fingerprint density at radius 2 is 1.95 bits per heavy atom. The van der Waals surface area contributed by atoms with Gasteiger partial charge in [0, 0.05) is 34.4 Å². The minimum absolute atomic E-state index is 0.591. The molecule has 2 nitrogen and oxygen atoms in total. The maximum absolute atomic E-state index is 3.72. The minimum Gasteiger partial charge on any atom is -0.365 e. The Morgan fingerprint density at radius 3 is 2.53 bits per heavy atom. The standard InChI is InChI=1S/C16H25IN2/c1-11(2)15-10-19(16(9-18-15)12(3)4)14-7-5-6-13(17)8-14/h5-8,11-12,15-16,18H,9-10H2,1-4H3. The molecule has 0 bridgehead atoms. The van der Waals surface area contributed by atoms with E-state index < -0.39 is 0 Å². The Hall–Kier alpha value is -0.290. The van der Waals surface area contributed by atoms with Crippen molar-refractivity contribution >= 4 is 28.3 Å². The third kappa shape index (κ3) is 3.63. The molecule has 0 radical (unpaired) electrons. The molecular weight excluding hydrogens is 347 g/mol. The largest absolute Gasteiger partial charge is 0.365 e. The van der Waals surface area contributed by atoms with E-state index in [1.165, 1.54) is 9.26 Å². The third-order valence-corrected chi connectivity index (χ3v) is 4.77. The van der Waals surface area contributed by atoms with E-state index in [0.717, 1.165) is 13.1 Å². The lowest BCUT2D eigenvalue weighted by Gasteiger charge is -2.45. The lowest BCUT2D eigenvalue weighted by molar-refractivity contribution is 0.295. The Kier molecular flexibility index (Phi) is 5.12. The summed E-state index contributed by atoms with van der Waals surface area (Å²) in [5.41, 5.74) is 1.37. The molecule has 106 valence electrons. The topological polar surface area (TPSA) is 15.3 Å². The number of anilines is 1. The van der Waals surface area contributed by atoms with Gasteiger partial charge in [0.25, 0.3) is 0 Å². The van der Waals surface area contributed by atoms with Gasteiger partial charge in [0.05, 0.1) is 0 Å². The number of rotatable bonds is 3. The molecule has 1 aromatic rings. The molecule has 2 atom stereocenters. The molecule has 1 N–H and O–H groups in total. The summed E-state index contributed by atoms with van der Waals surface area (Å²) >= 11 is 2.40. The lowest BCUT2D eigenvalue weighted by Crippen LogP contribution is -2.60. The first-order chi connectivity index (χ1) is 8.99. The van der Waals surface area contributed by atoms with Crippen molar-refractivity contribution in [1.82, 2.24) is 5.32 Å². The average molecular weight is 372 g/mol. The van der Waals surface area contributed by atoms with E-state index in [1.807, 2.05) is 0 Å². The first-order valence-electron chi connectivity index (χ1n) is 7.24. The van der Waals surface area contributed by atoms with E-state index in [9.17, 15) is 0 Å². The Bertz CT molecular complexity index is 417. The maximum Gasteiger partial charge on any atom is 0.0438 e. The van der Waals surface area contributed by atoms with Crippen molar-refractivity contribution < 1.29 is 0 Å². The molecule has 0 spiro atoms. The molecular formula is C16H25IN2. The second-order valence-corrected chi connectivity index (χ2v) is 7.45. The zero-order valence-corrected chi connectivity index (χ0v) is 14.5. The molecule has 1 aliphatic heterocycles. The van der Waals surface area contributed by atoms with Crippen LogP contribution in [0, 0.1) is 15.4 Å². The average Bonchev–Trinajstić information content (AvgIpc) is 2.37. The summed E-state index contributed by atoms with van der Waals surface area (Å²) in [5.74, 6) is 1.34. The van der Waals surface area contributed by atoms with Crippen molar-refractivity contribution in [3.63, 3.8) is 0 Å². The fourth-order valence-electron chi connectivity index (χ4n) is 2.79. The molecule has 0 amide bonds. The fraction of sp³-hybridized carbons (Fsp3) is 0.625. The van der Waals surface area contributed by atoms with Crippen LogP contribution in [-0.2, 0) is 0 Å². The van der Waals surface area contributed by atoms with Gasteiger partial charge in [-0.1, -0.05) is 33.8 Å². The summed E-state index contributed by atoms with van der Waals surface area (Å²) in [6.07, 6.45) is 0. The van der Waals surface area contributed by atoms with Gasteiger partial charge in [-0.15, -0.1) is 0 Å². The highest BCUT2D eigenvalue weighted by molar-refractivity contribution is 14.1. The lowest BCUT2D eigenvalue weighted by atomic mass is 9.93. The van der Waals surface area contributed by atoms with Crippen molar-refractivity contribution in [3.05, 3.63) is 27.8 Å².